The first-order valence-electron chi connectivity index (χ1n) is 4.78. The second-order valence-corrected chi connectivity index (χ2v) is 3.44. The van der Waals surface area contributed by atoms with Gasteiger partial charge in [0.25, 0.3) is 0 Å². The Bertz CT molecular complexity index is 161. The minimum atomic E-state index is 0.658. The van der Waals surface area contributed by atoms with Gasteiger partial charge in [-0.1, -0.05) is 6.92 Å². The van der Waals surface area contributed by atoms with Crippen LogP contribution in [-0.4, -0.2) is 30.5 Å². The molecule has 0 amide bonds. The van der Waals surface area contributed by atoms with Crippen molar-refractivity contribution in [1.29, 1.82) is 0 Å². The van der Waals surface area contributed by atoms with Gasteiger partial charge in [-0.05, 0) is 25.7 Å². The molecule has 0 unspecified atom stereocenters. The Hall–Kier alpha value is -0.730. The van der Waals surface area contributed by atoms with Gasteiger partial charge in [-0.25, -0.2) is 0 Å². The highest BCUT2D eigenvalue weighted by Gasteiger charge is 2.22. The van der Waals surface area contributed by atoms with Gasteiger partial charge in [0.05, 0.1) is 0 Å². The van der Waals surface area contributed by atoms with Crippen LogP contribution in [0.5, 0.6) is 0 Å². The van der Waals surface area contributed by atoms with Gasteiger partial charge in [-0.2, -0.15) is 0 Å². The van der Waals surface area contributed by atoms with E-state index < -0.39 is 0 Å². The SMILES string of the molecule is CCCN=C(N)N(C)C1CCC1. The summed E-state index contributed by atoms with van der Waals surface area (Å²) in [5, 5.41) is 0. The van der Waals surface area contributed by atoms with Crippen LogP contribution in [-0.2, 0) is 0 Å². The van der Waals surface area contributed by atoms with Crippen molar-refractivity contribution in [2.24, 2.45) is 10.7 Å². The summed E-state index contributed by atoms with van der Waals surface area (Å²) in [6.07, 6.45) is 4.97. The summed E-state index contributed by atoms with van der Waals surface area (Å²) in [5.41, 5.74) is 5.79. The molecule has 0 saturated heterocycles. The fourth-order valence-electron chi connectivity index (χ4n) is 1.30. The van der Waals surface area contributed by atoms with Crippen LogP contribution in [0.3, 0.4) is 0 Å². The average Bonchev–Trinajstić information content (AvgIpc) is 1.96. The van der Waals surface area contributed by atoms with E-state index in [0.717, 1.165) is 13.0 Å². The zero-order valence-electron chi connectivity index (χ0n) is 8.08. The molecule has 3 heteroatoms. The maximum atomic E-state index is 5.79. The van der Waals surface area contributed by atoms with Crippen LogP contribution >= 0.6 is 0 Å². The van der Waals surface area contributed by atoms with E-state index in [1.54, 1.807) is 0 Å². The third kappa shape index (κ3) is 2.13. The Kier molecular flexibility index (Phi) is 3.38. The van der Waals surface area contributed by atoms with Crippen LogP contribution in [0.25, 0.3) is 0 Å². The third-order valence-electron chi connectivity index (χ3n) is 2.48. The Morgan fingerprint density at radius 2 is 2.25 bits per heavy atom. The van der Waals surface area contributed by atoms with E-state index in [-0.39, 0.29) is 0 Å². The summed E-state index contributed by atoms with van der Waals surface area (Å²) in [4.78, 5) is 6.38. The van der Waals surface area contributed by atoms with Gasteiger partial charge in [0.2, 0.25) is 0 Å². The molecule has 0 spiro atoms. The van der Waals surface area contributed by atoms with Crippen LogP contribution in [0.4, 0.5) is 0 Å². The molecule has 0 heterocycles. The number of rotatable bonds is 3. The number of nitrogens with two attached hydrogens (primary N) is 1. The first-order chi connectivity index (χ1) is 5.75. The second-order valence-electron chi connectivity index (χ2n) is 3.44. The van der Waals surface area contributed by atoms with Crippen molar-refractivity contribution < 1.29 is 0 Å². The fraction of sp³-hybridized carbons (Fsp3) is 0.889. The van der Waals surface area contributed by atoms with E-state index in [0.29, 0.717) is 12.0 Å². The standard InChI is InChI=1S/C9H19N3/c1-3-7-11-9(10)12(2)8-5-4-6-8/h8H,3-7H2,1-2H3,(H2,10,11). The molecule has 3 nitrogen and oxygen atoms in total. The predicted molar refractivity (Wildman–Crippen MR) is 52.2 cm³/mol. The monoisotopic (exact) mass is 169 g/mol. The number of hydrogen-bond donors (Lipinski definition) is 1. The minimum absolute atomic E-state index is 0.658. The number of guanidine groups is 1. The molecule has 12 heavy (non-hydrogen) atoms. The molecule has 0 bridgehead atoms. The zero-order chi connectivity index (χ0) is 8.97. The topological polar surface area (TPSA) is 41.6 Å². The Morgan fingerprint density at radius 1 is 1.58 bits per heavy atom. The Morgan fingerprint density at radius 3 is 2.67 bits per heavy atom. The molecule has 1 rings (SSSR count). The molecule has 1 saturated carbocycles. The van der Waals surface area contributed by atoms with Crippen molar-refractivity contribution in [3.63, 3.8) is 0 Å². The average molecular weight is 169 g/mol. The summed E-state index contributed by atoms with van der Waals surface area (Å²) in [6, 6.07) is 0.658. The first-order valence-corrected chi connectivity index (χ1v) is 4.78. The van der Waals surface area contributed by atoms with Crippen molar-refractivity contribution in [1.82, 2.24) is 4.90 Å². The highest BCUT2D eigenvalue weighted by atomic mass is 15.3. The van der Waals surface area contributed by atoms with E-state index in [9.17, 15) is 0 Å². The molecular formula is C9H19N3. The summed E-state index contributed by atoms with van der Waals surface area (Å²) in [6.45, 7) is 2.96. The lowest BCUT2D eigenvalue weighted by Gasteiger charge is -2.35. The van der Waals surface area contributed by atoms with Gasteiger partial charge >= 0.3 is 0 Å². The lowest BCUT2D eigenvalue weighted by molar-refractivity contribution is 0.238. The quantitative estimate of drug-likeness (QED) is 0.509. The number of aliphatic imine (C=N–C) groups is 1. The molecule has 0 aromatic heterocycles. The Balaban J connectivity index is 2.33. The molecule has 0 aliphatic heterocycles. The summed E-state index contributed by atoms with van der Waals surface area (Å²) >= 11 is 0. The fourth-order valence-corrected chi connectivity index (χ4v) is 1.30. The number of hydrogen-bond acceptors (Lipinski definition) is 1. The van der Waals surface area contributed by atoms with Crippen molar-refractivity contribution in [3.8, 4) is 0 Å². The third-order valence-corrected chi connectivity index (χ3v) is 2.48. The van der Waals surface area contributed by atoms with E-state index >= 15 is 0 Å². The van der Waals surface area contributed by atoms with Crippen LogP contribution < -0.4 is 5.73 Å². The largest absolute Gasteiger partial charge is 0.370 e. The van der Waals surface area contributed by atoms with Gasteiger partial charge in [0, 0.05) is 19.6 Å². The van der Waals surface area contributed by atoms with E-state index in [2.05, 4.69) is 16.8 Å². The van der Waals surface area contributed by atoms with Crippen molar-refractivity contribution in [3.05, 3.63) is 0 Å². The van der Waals surface area contributed by atoms with Gasteiger partial charge in [-0.3, -0.25) is 4.99 Å². The maximum Gasteiger partial charge on any atom is 0.191 e. The molecule has 0 atom stereocenters. The number of nitrogens with zero attached hydrogens (tertiary/aromatic N) is 2. The van der Waals surface area contributed by atoms with Crippen LogP contribution in [0, 0.1) is 0 Å². The highest BCUT2D eigenvalue weighted by molar-refractivity contribution is 5.78. The van der Waals surface area contributed by atoms with Crippen molar-refractivity contribution in [2.45, 2.75) is 38.6 Å². The molecule has 0 radical (unpaired) electrons. The second kappa shape index (κ2) is 4.33. The van der Waals surface area contributed by atoms with E-state index in [1.165, 1.54) is 19.3 Å². The lowest BCUT2D eigenvalue weighted by Crippen LogP contribution is -2.45. The maximum absolute atomic E-state index is 5.79. The smallest absolute Gasteiger partial charge is 0.191 e. The molecule has 2 N–H and O–H groups in total. The molecular weight excluding hydrogens is 150 g/mol. The molecule has 1 aliphatic rings. The predicted octanol–water partition coefficient (Wildman–Crippen LogP) is 1.20. The molecule has 1 fully saturated rings. The summed E-state index contributed by atoms with van der Waals surface area (Å²) in [7, 11) is 2.04. The van der Waals surface area contributed by atoms with Crippen LogP contribution in [0.15, 0.2) is 4.99 Å². The zero-order valence-corrected chi connectivity index (χ0v) is 8.08. The van der Waals surface area contributed by atoms with Crippen LogP contribution in [0.2, 0.25) is 0 Å². The van der Waals surface area contributed by atoms with Gasteiger partial charge < -0.3 is 10.6 Å². The van der Waals surface area contributed by atoms with E-state index in [1.807, 2.05) is 7.05 Å². The summed E-state index contributed by atoms with van der Waals surface area (Å²) < 4.78 is 0. The van der Waals surface area contributed by atoms with Crippen molar-refractivity contribution >= 4 is 5.96 Å². The Labute approximate surface area is 74.6 Å². The molecule has 0 aromatic carbocycles. The van der Waals surface area contributed by atoms with E-state index in [4.69, 9.17) is 5.73 Å². The van der Waals surface area contributed by atoms with Gasteiger partial charge in [0.1, 0.15) is 0 Å². The lowest BCUT2D eigenvalue weighted by atomic mass is 9.92. The molecule has 1 aliphatic carbocycles. The highest BCUT2D eigenvalue weighted by Crippen LogP contribution is 2.22. The van der Waals surface area contributed by atoms with Gasteiger partial charge in [-0.15, -0.1) is 0 Å². The van der Waals surface area contributed by atoms with Crippen molar-refractivity contribution in [2.75, 3.05) is 13.6 Å². The first kappa shape index (κ1) is 9.36. The van der Waals surface area contributed by atoms with Gasteiger partial charge in [0.15, 0.2) is 5.96 Å². The molecule has 70 valence electrons. The molecule has 0 aromatic rings. The van der Waals surface area contributed by atoms with Crippen LogP contribution in [0.1, 0.15) is 32.6 Å². The minimum Gasteiger partial charge on any atom is -0.370 e. The summed E-state index contributed by atoms with van der Waals surface area (Å²) in [5.74, 6) is 0.710. The normalized spacial score (nSPS) is 19.0.